The molecule has 0 aliphatic rings. The molecule has 1 atom stereocenters. The lowest BCUT2D eigenvalue weighted by Crippen LogP contribution is -2.39. The molecule has 0 radical (unpaired) electrons. The number of rotatable bonds is 6. The van der Waals surface area contributed by atoms with Crippen LogP contribution in [-0.4, -0.2) is 36.4 Å². The molecule has 114 valence electrons. The summed E-state index contributed by atoms with van der Waals surface area (Å²) < 4.78 is 26.2. The second-order valence-corrected chi connectivity index (χ2v) is 6.68. The highest BCUT2D eigenvalue weighted by Gasteiger charge is 2.30. The van der Waals surface area contributed by atoms with Crippen LogP contribution in [0.1, 0.15) is 25.8 Å². The van der Waals surface area contributed by atoms with Crippen molar-refractivity contribution in [2.75, 3.05) is 6.54 Å². The van der Waals surface area contributed by atoms with Crippen LogP contribution < -0.4 is 0 Å². The van der Waals surface area contributed by atoms with E-state index in [9.17, 15) is 13.2 Å². The van der Waals surface area contributed by atoms with Crippen molar-refractivity contribution in [3.63, 3.8) is 0 Å². The SMILES string of the molecule is CCN(C(C)CC(=O)O)S(=O)(=O)c1ccc(C#N)cc1Cl. The van der Waals surface area contributed by atoms with Gasteiger partial charge in [0.25, 0.3) is 0 Å². The predicted molar refractivity (Wildman–Crippen MR) is 77.4 cm³/mol. The highest BCUT2D eigenvalue weighted by molar-refractivity contribution is 7.89. The zero-order valence-electron chi connectivity index (χ0n) is 11.6. The first-order valence-corrected chi connectivity index (χ1v) is 7.99. The van der Waals surface area contributed by atoms with Crippen LogP contribution in [0.3, 0.4) is 0 Å². The number of nitriles is 1. The van der Waals surface area contributed by atoms with E-state index in [1.54, 1.807) is 6.92 Å². The summed E-state index contributed by atoms with van der Waals surface area (Å²) in [6.07, 6.45) is -0.305. The van der Waals surface area contributed by atoms with Crippen molar-refractivity contribution in [3.05, 3.63) is 28.8 Å². The summed E-state index contributed by atoms with van der Waals surface area (Å²) in [5.74, 6) is -1.08. The first-order valence-electron chi connectivity index (χ1n) is 6.17. The zero-order chi connectivity index (χ0) is 16.2. The van der Waals surface area contributed by atoms with Gasteiger partial charge in [-0.2, -0.15) is 9.57 Å². The minimum Gasteiger partial charge on any atom is -0.481 e. The first-order chi connectivity index (χ1) is 9.73. The summed E-state index contributed by atoms with van der Waals surface area (Å²) in [5, 5.41) is 17.5. The van der Waals surface area contributed by atoms with Crippen LogP contribution in [0.2, 0.25) is 5.02 Å². The molecule has 0 bridgehead atoms. The molecule has 0 heterocycles. The van der Waals surface area contributed by atoms with Gasteiger partial charge in [0.15, 0.2) is 0 Å². The fraction of sp³-hybridized carbons (Fsp3) is 0.385. The van der Waals surface area contributed by atoms with E-state index in [0.29, 0.717) is 0 Å². The van der Waals surface area contributed by atoms with Crippen LogP contribution >= 0.6 is 11.6 Å². The molecule has 0 aromatic heterocycles. The Morgan fingerprint density at radius 3 is 2.57 bits per heavy atom. The van der Waals surface area contributed by atoms with E-state index in [1.165, 1.54) is 25.1 Å². The molecule has 0 saturated heterocycles. The number of nitrogens with zero attached hydrogens (tertiary/aromatic N) is 2. The van der Waals surface area contributed by atoms with Crippen LogP contribution in [0.4, 0.5) is 0 Å². The Morgan fingerprint density at radius 1 is 1.52 bits per heavy atom. The Labute approximate surface area is 128 Å². The average Bonchev–Trinajstić information content (AvgIpc) is 2.37. The molecular weight excluding hydrogens is 316 g/mol. The van der Waals surface area contributed by atoms with Crippen molar-refractivity contribution < 1.29 is 18.3 Å². The van der Waals surface area contributed by atoms with E-state index in [4.69, 9.17) is 22.0 Å². The highest BCUT2D eigenvalue weighted by Crippen LogP contribution is 2.27. The molecule has 0 fully saturated rings. The van der Waals surface area contributed by atoms with Crippen molar-refractivity contribution >= 4 is 27.6 Å². The maximum absolute atomic E-state index is 12.6. The molecule has 1 aromatic rings. The fourth-order valence-electron chi connectivity index (χ4n) is 1.98. The van der Waals surface area contributed by atoms with Crippen LogP contribution in [0.5, 0.6) is 0 Å². The molecule has 1 aromatic carbocycles. The van der Waals surface area contributed by atoms with Gasteiger partial charge in [-0.3, -0.25) is 4.79 Å². The molecule has 6 nitrogen and oxygen atoms in total. The van der Waals surface area contributed by atoms with Gasteiger partial charge in [0.1, 0.15) is 4.90 Å². The lowest BCUT2D eigenvalue weighted by molar-refractivity contribution is -0.137. The minimum atomic E-state index is -3.92. The number of carboxylic acids is 1. The molecule has 1 N–H and O–H groups in total. The van der Waals surface area contributed by atoms with Crippen LogP contribution in [-0.2, 0) is 14.8 Å². The van der Waals surface area contributed by atoms with Gasteiger partial charge in [-0.1, -0.05) is 18.5 Å². The maximum Gasteiger partial charge on any atom is 0.304 e. The molecule has 1 unspecified atom stereocenters. The molecule has 0 amide bonds. The van der Waals surface area contributed by atoms with Crippen LogP contribution in [0, 0.1) is 11.3 Å². The predicted octanol–water partition coefficient (Wildman–Crippen LogP) is 2.09. The second kappa shape index (κ2) is 6.89. The van der Waals surface area contributed by atoms with Crippen molar-refractivity contribution in [2.24, 2.45) is 0 Å². The van der Waals surface area contributed by atoms with Crippen molar-refractivity contribution in [3.8, 4) is 6.07 Å². The quantitative estimate of drug-likeness (QED) is 0.861. The fourth-order valence-corrected chi connectivity index (χ4v) is 4.14. The number of carboxylic acid groups (broad SMARTS) is 1. The Morgan fingerprint density at radius 2 is 2.14 bits per heavy atom. The van der Waals surface area contributed by atoms with Gasteiger partial charge >= 0.3 is 5.97 Å². The number of carbonyl (C=O) groups is 1. The van der Waals surface area contributed by atoms with Gasteiger partial charge < -0.3 is 5.11 Å². The Kier molecular flexibility index (Phi) is 5.72. The van der Waals surface area contributed by atoms with Gasteiger partial charge in [0.05, 0.1) is 23.1 Å². The third-order valence-corrected chi connectivity index (χ3v) is 5.49. The van der Waals surface area contributed by atoms with Gasteiger partial charge in [-0.05, 0) is 25.1 Å². The summed E-state index contributed by atoms with van der Waals surface area (Å²) in [5.41, 5.74) is 0.251. The second-order valence-electron chi connectivity index (χ2n) is 4.41. The zero-order valence-corrected chi connectivity index (χ0v) is 13.1. The number of hydrogen-bond donors (Lipinski definition) is 1. The Bertz CT molecular complexity index is 682. The lowest BCUT2D eigenvalue weighted by atomic mass is 10.2. The van der Waals surface area contributed by atoms with E-state index in [-0.39, 0.29) is 28.4 Å². The van der Waals surface area contributed by atoms with Gasteiger partial charge in [0.2, 0.25) is 10.0 Å². The van der Waals surface area contributed by atoms with E-state index in [0.717, 1.165) is 4.31 Å². The number of benzene rings is 1. The maximum atomic E-state index is 12.6. The monoisotopic (exact) mass is 330 g/mol. The summed E-state index contributed by atoms with van der Waals surface area (Å²) in [6, 6.07) is 5.04. The topological polar surface area (TPSA) is 98.5 Å². The van der Waals surface area contributed by atoms with Gasteiger partial charge in [-0.15, -0.1) is 0 Å². The number of aliphatic carboxylic acids is 1. The van der Waals surface area contributed by atoms with E-state index in [2.05, 4.69) is 0 Å². The first kappa shape index (κ1) is 17.4. The van der Waals surface area contributed by atoms with Crippen molar-refractivity contribution in [1.29, 1.82) is 5.26 Å². The Balaban J connectivity index is 3.25. The third kappa shape index (κ3) is 3.94. The lowest BCUT2D eigenvalue weighted by Gasteiger charge is -2.26. The van der Waals surface area contributed by atoms with E-state index >= 15 is 0 Å². The summed E-state index contributed by atoms with van der Waals surface area (Å²) >= 11 is 5.93. The number of hydrogen-bond acceptors (Lipinski definition) is 4. The molecule has 0 spiro atoms. The van der Waals surface area contributed by atoms with Gasteiger partial charge in [0, 0.05) is 12.6 Å². The van der Waals surface area contributed by atoms with Crippen molar-refractivity contribution in [1.82, 2.24) is 4.31 Å². The number of sulfonamides is 1. The Hall–Kier alpha value is -1.62. The van der Waals surface area contributed by atoms with Crippen LogP contribution in [0.15, 0.2) is 23.1 Å². The van der Waals surface area contributed by atoms with E-state index in [1.807, 2.05) is 6.07 Å². The molecular formula is C13H15ClN2O4S. The molecule has 0 aliphatic carbocycles. The van der Waals surface area contributed by atoms with Crippen LogP contribution in [0.25, 0.3) is 0 Å². The molecule has 8 heteroatoms. The average molecular weight is 331 g/mol. The highest BCUT2D eigenvalue weighted by atomic mass is 35.5. The normalized spacial score (nSPS) is 12.9. The smallest absolute Gasteiger partial charge is 0.304 e. The number of halogens is 1. The standard InChI is InChI=1S/C13H15ClN2O4S/c1-3-16(9(2)6-13(17)18)21(19,20)12-5-4-10(8-15)7-11(12)14/h4-5,7,9H,3,6H2,1-2H3,(H,17,18). The molecule has 1 rings (SSSR count). The van der Waals surface area contributed by atoms with Gasteiger partial charge in [-0.25, -0.2) is 8.42 Å². The summed E-state index contributed by atoms with van der Waals surface area (Å²) in [6.45, 7) is 3.26. The third-order valence-electron chi connectivity index (χ3n) is 2.92. The summed E-state index contributed by atoms with van der Waals surface area (Å²) in [4.78, 5) is 10.6. The minimum absolute atomic E-state index is 0.0602. The molecule has 0 aliphatic heterocycles. The summed E-state index contributed by atoms with van der Waals surface area (Å²) in [7, 11) is -3.92. The van der Waals surface area contributed by atoms with Crippen molar-refractivity contribution in [2.45, 2.75) is 31.2 Å². The largest absolute Gasteiger partial charge is 0.481 e. The molecule has 0 saturated carbocycles. The van der Waals surface area contributed by atoms with E-state index < -0.39 is 22.0 Å². The molecule has 21 heavy (non-hydrogen) atoms.